The molecule has 0 saturated heterocycles. The molecule has 2 fully saturated rings. The molecule has 1 aromatic carbocycles. The fraction of sp³-hybridized carbons (Fsp3) is 0.625. The zero-order valence-corrected chi connectivity index (χ0v) is 11.7. The normalized spacial score (nSPS) is 30.4. The van der Waals surface area contributed by atoms with Gasteiger partial charge in [-0.25, -0.2) is 4.39 Å². The SMILES string of the molecule is NC1(c2ccc(F)c(C(F)(F)F)c2)CCCC(C2CC2)C1. The van der Waals surface area contributed by atoms with Crippen LogP contribution in [-0.2, 0) is 11.7 Å². The third kappa shape index (κ3) is 2.93. The summed E-state index contributed by atoms with van der Waals surface area (Å²) in [6.45, 7) is 0. The molecule has 0 aromatic heterocycles. The Hall–Kier alpha value is -1.10. The van der Waals surface area contributed by atoms with Crippen LogP contribution in [0.4, 0.5) is 17.6 Å². The molecule has 0 heterocycles. The topological polar surface area (TPSA) is 26.0 Å². The van der Waals surface area contributed by atoms with Gasteiger partial charge in [-0.2, -0.15) is 13.2 Å². The summed E-state index contributed by atoms with van der Waals surface area (Å²) in [6, 6.07) is 3.22. The molecule has 1 nitrogen and oxygen atoms in total. The maximum absolute atomic E-state index is 13.4. The molecule has 0 amide bonds. The van der Waals surface area contributed by atoms with E-state index in [2.05, 4.69) is 0 Å². The minimum Gasteiger partial charge on any atom is -0.321 e. The second-order valence-electron chi connectivity index (χ2n) is 6.54. The first kappa shape index (κ1) is 14.8. The Morgan fingerprint density at radius 2 is 1.81 bits per heavy atom. The van der Waals surface area contributed by atoms with E-state index in [9.17, 15) is 17.6 Å². The molecule has 2 unspecified atom stereocenters. The molecule has 21 heavy (non-hydrogen) atoms. The zero-order chi connectivity index (χ0) is 15.3. The van der Waals surface area contributed by atoms with Crippen molar-refractivity contribution in [2.45, 2.75) is 50.2 Å². The van der Waals surface area contributed by atoms with Gasteiger partial charge in [0.15, 0.2) is 0 Å². The highest BCUT2D eigenvalue weighted by molar-refractivity contribution is 5.32. The molecule has 116 valence electrons. The van der Waals surface area contributed by atoms with Gasteiger partial charge in [0.05, 0.1) is 5.56 Å². The van der Waals surface area contributed by atoms with E-state index in [0.717, 1.165) is 25.0 Å². The summed E-state index contributed by atoms with van der Waals surface area (Å²) in [6.07, 6.45) is 1.14. The minimum absolute atomic E-state index is 0.418. The largest absolute Gasteiger partial charge is 0.419 e. The van der Waals surface area contributed by atoms with E-state index in [1.54, 1.807) is 0 Å². The molecule has 0 bridgehead atoms. The van der Waals surface area contributed by atoms with Gasteiger partial charge in [-0.1, -0.05) is 18.9 Å². The Balaban J connectivity index is 1.91. The summed E-state index contributed by atoms with van der Waals surface area (Å²) in [5.74, 6) is -0.0386. The lowest BCUT2D eigenvalue weighted by atomic mass is 9.71. The van der Waals surface area contributed by atoms with Crippen LogP contribution in [0.3, 0.4) is 0 Å². The van der Waals surface area contributed by atoms with E-state index in [1.165, 1.54) is 18.9 Å². The fourth-order valence-electron chi connectivity index (χ4n) is 3.64. The molecule has 2 N–H and O–H groups in total. The predicted molar refractivity (Wildman–Crippen MR) is 71.9 cm³/mol. The summed E-state index contributed by atoms with van der Waals surface area (Å²) in [4.78, 5) is 0. The summed E-state index contributed by atoms with van der Waals surface area (Å²) in [5.41, 5.74) is 4.87. The number of alkyl halides is 3. The average molecular weight is 301 g/mol. The predicted octanol–water partition coefficient (Wildman–Crippen LogP) is 4.60. The maximum Gasteiger partial charge on any atom is 0.419 e. The van der Waals surface area contributed by atoms with E-state index < -0.39 is 23.1 Å². The summed E-state index contributed by atoms with van der Waals surface area (Å²) < 4.78 is 52.0. The van der Waals surface area contributed by atoms with Crippen LogP contribution in [0.25, 0.3) is 0 Å². The lowest BCUT2D eigenvalue weighted by molar-refractivity contribution is -0.140. The Labute approximate surface area is 121 Å². The fourth-order valence-corrected chi connectivity index (χ4v) is 3.64. The molecule has 2 aliphatic carbocycles. The van der Waals surface area contributed by atoms with E-state index in [-0.39, 0.29) is 0 Å². The third-order valence-electron chi connectivity index (χ3n) is 4.96. The van der Waals surface area contributed by atoms with Gasteiger partial charge in [0, 0.05) is 5.54 Å². The van der Waals surface area contributed by atoms with E-state index in [1.807, 2.05) is 0 Å². The Bertz CT molecular complexity index is 536. The first-order valence-corrected chi connectivity index (χ1v) is 7.46. The molecule has 0 radical (unpaired) electrons. The van der Waals surface area contributed by atoms with Gasteiger partial charge in [-0.15, -0.1) is 0 Å². The third-order valence-corrected chi connectivity index (χ3v) is 4.96. The second-order valence-corrected chi connectivity index (χ2v) is 6.54. The van der Waals surface area contributed by atoms with Crippen molar-refractivity contribution in [3.63, 3.8) is 0 Å². The van der Waals surface area contributed by atoms with Crippen molar-refractivity contribution in [3.05, 3.63) is 35.1 Å². The van der Waals surface area contributed by atoms with Crippen LogP contribution in [-0.4, -0.2) is 0 Å². The van der Waals surface area contributed by atoms with Crippen LogP contribution >= 0.6 is 0 Å². The lowest BCUT2D eigenvalue weighted by Gasteiger charge is -2.39. The molecule has 2 saturated carbocycles. The van der Waals surface area contributed by atoms with E-state index in [0.29, 0.717) is 30.2 Å². The summed E-state index contributed by atoms with van der Waals surface area (Å²) in [7, 11) is 0. The number of benzene rings is 1. The van der Waals surface area contributed by atoms with Crippen LogP contribution in [0.15, 0.2) is 18.2 Å². The number of nitrogens with two attached hydrogens (primary N) is 1. The second kappa shape index (κ2) is 4.97. The Kier molecular flexibility index (Phi) is 3.51. The van der Waals surface area contributed by atoms with Crippen molar-refractivity contribution < 1.29 is 17.6 Å². The van der Waals surface area contributed by atoms with Gasteiger partial charge in [-0.05, 0) is 55.2 Å². The lowest BCUT2D eigenvalue weighted by Crippen LogP contribution is -2.42. The van der Waals surface area contributed by atoms with Crippen molar-refractivity contribution in [1.29, 1.82) is 0 Å². The van der Waals surface area contributed by atoms with E-state index in [4.69, 9.17) is 5.73 Å². The smallest absolute Gasteiger partial charge is 0.321 e. The zero-order valence-electron chi connectivity index (χ0n) is 11.7. The van der Waals surface area contributed by atoms with Crippen LogP contribution in [0.5, 0.6) is 0 Å². The molecule has 1 aromatic rings. The molecule has 0 spiro atoms. The minimum atomic E-state index is -4.68. The number of hydrogen-bond acceptors (Lipinski definition) is 1. The van der Waals surface area contributed by atoms with Gasteiger partial charge in [0.1, 0.15) is 5.82 Å². The van der Waals surface area contributed by atoms with Crippen LogP contribution in [0.2, 0.25) is 0 Å². The van der Waals surface area contributed by atoms with Crippen molar-refractivity contribution in [2.75, 3.05) is 0 Å². The van der Waals surface area contributed by atoms with Crippen molar-refractivity contribution >= 4 is 0 Å². The molecule has 2 aliphatic rings. The molecule has 5 heteroatoms. The van der Waals surface area contributed by atoms with Gasteiger partial charge < -0.3 is 5.73 Å². The molecular weight excluding hydrogens is 282 g/mol. The van der Waals surface area contributed by atoms with Crippen molar-refractivity contribution in [3.8, 4) is 0 Å². The molecule has 2 atom stereocenters. The summed E-state index contributed by atoms with van der Waals surface area (Å²) in [5, 5.41) is 0. The highest BCUT2D eigenvalue weighted by Gasteiger charge is 2.42. The molecule has 0 aliphatic heterocycles. The van der Waals surface area contributed by atoms with E-state index >= 15 is 0 Å². The van der Waals surface area contributed by atoms with Crippen molar-refractivity contribution in [2.24, 2.45) is 17.6 Å². The Morgan fingerprint density at radius 1 is 1.10 bits per heavy atom. The standard InChI is InChI=1S/C16H19F4N/c17-14-6-5-12(8-13(14)16(18,19)20)15(21)7-1-2-11(9-15)10-3-4-10/h5-6,8,10-11H,1-4,7,9,21H2. The monoisotopic (exact) mass is 301 g/mol. The van der Waals surface area contributed by atoms with Gasteiger partial charge in [0.25, 0.3) is 0 Å². The first-order chi connectivity index (χ1) is 9.79. The number of hydrogen-bond donors (Lipinski definition) is 1. The number of rotatable bonds is 2. The maximum atomic E-state index is 13.4. The molecule has 3 rings (SSSR count). The first-order valence-electron chi connectivity index (χ1n) is 7.46. The Morgan fingerprint density at radius 3 is 2.43 bits per heavy atom. The number of halogens is 4. The highest BCUT2D eigenvalue weighted by atomic mass is 19.4. The van der Waals surface area contributed by atoms with Crippen LogP contribution in [0.1, 0.15) is 49.7 Å². The average Bonchev–Trinajstić information content (AvgIpc) is 3.22. The van der Waals surface area contributed by atoms with Crippen LogP contribution in [0, 0.1) is 17.7 Å². The van der Waals surface area contributed by atoms with Gasteiger partial charge in [0.2, 0.25) is 0 Å². The molecular formula is C16H19F4N. The van der Waals surface area contributed by atoms with Crippen molar-refractivity contribution in [1.82, 2.24) is 0 Å². The van der Waals surface area contributed by atoms with Crippen LogP contribution < -0.4 is 5.73 Å². The quantitative estimate of drug-likeness (QED) is 0.794. The van der Waals surface area contributed by atoms with Gasteiger partial charge >= 0.3 is 6.18 Å². The summed E-state index contributed by atoms with van der Waals surface area (Å²) >= 11 is 0. The highest BCUT2D eigenvalue weighted by Crippen LogP contribution is 2.49. The van der Waals surface area contributed by atoms with Gasteiger partial charge in [-0.3, -0.25) is 0 Å².